The average molecular weight is 394 g/mol. The number of ether oxygens (including phenoxy) is 2. The lowest BCUT2D eigenvalue weighted by Gasteiger charge is -2.13. The number of aromatic hydroxyl groups is 2. The SMILES string of the molecule is COc1cc(CNC(=O)/C(C#N)=C/C=C/c2cc(O)cc(O)c2)cc(OC)c1C. The van der Waals surface area contributed by atoms with Crippen molar-refractivity contribution in [2.24, 2.45) is 0 Å². The summed E-state index contributed by atoms with van der Waals surface area (Å²) in [5.74, 6) is 0.574. The summed E-state index contributed by atoms with van der Waals surface area (Å²) in [6.45, 7) is 2.06. The lowest BCUT2D eigenvalue weighted by molar-refractivity contribution is -0.117. The number of amides is 1. The largest absolute Gasteiger partial charge is 0.508 e. The highest BCUT2D eigenvalue weighted by molar-refractivity contribution is 5.97. The molecule has 29 heavy (non-hydrogen) atoms. The fourth-order valence-electron chi connectivity index (χ4n) is 2.65. The monoisotopic (exact) mass is 394 g/mol. The van der Waals surface area contributed by atoms with E-state index >= 15 is 0 Å². The van der Waals surface area contributed by atoms with E-state index < -0.39 is 5.91 Å². The normalized spacial score (nSPS) is 11.2. The number of phenols is 2. The summed E-state index contributed by atoms with van der Waals surface area (Å²) >= 11 is 0. The van der Waals surface area contributed by atoms with Gasteiger partial charge in [-0.15, -0.1) is 0 Å². The zero-order chi connectivity index (χ0) is 21.4. The zero-order valence-electron chi connectivity index (χ0n) is 16.4. The average Bonchev–Trinajstić information content (AvgIpc) is 2.69. The Morgan fingerprint density at radius 2 is 1.69 bits per heavy atom. The van der Waals surface area contributed by atoms with Crippen LogP contribution in [0.15, 0.2) is 48.1 Å². The van der Waals surface area contributed by atoms with Gasteiger partial charge in [0, 0.05) is 18.2 Å². The molecule has 0 atom stereocenters. The van der Waals surface area contributed by atoms with E-state index in [9.17, 15) is 20.3 Å². The smallest absolute Gasteiger partial charge is 0.262 e. The van der Waals surface area contributed by atoms with Crippen molar-refractivity contribution in [2.75, 3.05) is 14.2 Å². The molecular formula is C22H22N2O5. The van der Waals surface area contributed by atoms with E-state index in [0.717, 1.165) is 11.1 Å². The van der Waals surface area contributed by atoms with Crippen molar-refractivity contribution in [1.82, 2.24) is 5.32 Å². The van der Waals surface area contributed by atoms with Crippen molar-refractivity contribution in [3.05, 3.63) is 64.7 Å². The minimum Gasteiger partial charge on any atom is -0.508 e. The van der Waals surface area contributed by atoms with Crippen LogP contribution >= 0.6 is 0 Å². The highest BCUT2D eigenvalue weighted by Crippen LogP contribution is 2.29. The summed E-state index contributed by atoms with van der Waals surface area (Å²) in [5, 5.41) is 30.9. The van der Waals surface area contributed by atoms with Crippen LogP contribution in [-0.2, 0) is 11.3 Å². The first-order valence-corrected chi connectivity index (χ1v) is 8.69. The van der Waals surface area contributed by atoms with E-state index in [1.807, 2.05) is 13.0 Å². The Hall–Kier alpha value is -3.92. The van der Waals surface area contributed by atoms with Crippen LogP contribution in [0.5, 0.6) is 23.0 Å². The van der Waals surface area contributed by atoms with Gasteiger partial charge in [-0.25, -0.2) is 0 Å². The first kappa shape index (κ1) is 21.4. The Kier molecular flexibility index (Phi) is 7.26. The number of phenolic OH excluding ortho intramolecular Hbond substituents is 2. The highest BCUT2D eigenvalue weighted by Gasteiger charge is 2.11. The van der Waals surface area contributed by atoms with Crippen molar-refractivity contribution >= 4 is 12.0 Å². The molecule has 150 valence electrons. The second kappa shape index (κ2) is 9.85. The van der Waals surface area contributed by atoms with Crippen molar-refractivity contribution in [3.8, 4) is 29.1 Å². The molecule has 0 saturated heterocycles. The topological polar surface area (TPSA) is 112 Å². The third-order valence-corrected chi connectivity index (χ3v) is 4.11. The van der Waals surface area contributed by atoms with Crippen molar-refractivity contribution < 1.29 is 24.5 Å². The number of methoxy groups -OCH3 is 2. The van der Waals surface area contributed by atoms with Gasteiger partial charge >= 0.3 is 0 Å². The molecule has 0 saturated carbocycles. The molecule has 0 aliphatic heterocycles. The lowest BCUT2D eigenvalue weighted by atomic mass is 10.1. The fourth-order valence-corrected chi connectivity index (χ4v) is 2.65. The Bertz CT molecular complexity index is 957. The van der Waals surface area contributed by atoms with Gasteiger partial charge in [0.2, 0.25) is 0 Å². The summed E-state index contributed by atoms with van der Waals surface area (Å²) in [6, 6.07) is 9.52. The van der Waals surface area contributed by atoms with Crippen LogP contribution in [0, 0.1) is 18.3 Å². The van der Waals surface area contributed by atoms with E-state index in [1.165, 1.54) is 30.4 Å². The first-order chi connectivity index (χ1) is 13.9. The molecule has 0 aliphatic rings. The predicted octanol–water partition coefficient (Wildman–Crippen LogP) is 3.20. The third kappa shape index (κ3) is 5.78. The molecule has 7 heteroatoms. The van der Waals surface area contributed by atoms with Gasteiger partial charge in [0.25, 0.3) is 5.91 Å². The molecule has 0 aliphatic carbocycles. The molecule has 0 bridgehead atoms. The van der Waals surface area contributed by atoms with Gasteiger partial charge < -0.3 is 25.0 Å². The molecule has 0 unspecified atom stereocenters. The maximum absolute atomic E-state index is 12.3. The summed E-state index contributed by atoms with van der Waals surface area (Å²) in [7, 11) is 3.11. The second-order valence-electron chi connectivity index (χ2n) is 6.14. The maximum Gasteiger partial charge on any atom is 0.262 e. The molecule has 7 nitrogen and oxygen atoms in total. The molecule has 0 radical (unpaired) electrons. The molecule has 2 aromatic carbocycles. The number of allylic oxidation sites excluding steroid dienone is 2. The summed E-state index contributed by atoms with van der Waals surface area (Å²) in [4.78, 5) is 12.3. The van der Waals surface area contributed by atoms with E-state index in [0.29, 0.717) is 17.1 Å². The number of carbonyl (C=O) groups is 1. The number of carbonyl (C=O) groups excluding carboxylic acids is 1. The van der Waals surface area contributed by atoms with Crippen LogP contribution < -0.4 is 14.8 Å². The van der Waals surface area contributed by atoms with E-state index in [-0.39, 0.29) is 23.6 Å². The quantitative estimate of drug-likeness (QED) is 0.378. The molecule has 3 N–H and O–H groups in total. The van der Waals surface area contributed by atoms with Crippen LogP contribution in [0.2, 0.25) is 0 Å². The number of rotatable bonds is 7. The second-order valence-corrected chi connectivity index (χ2v) is 6.14. The number of nitrogens with one attached hydrogen (secondary N) is 1. The summed E-state index contributed by atoms with van der Waals surface area (Å²) < 4.78 is 10.6. The van der Waals surface area contributed by atoms with Crippen LogP contribution in [0.1, 0.15) is 16.7 Å². The van der Waals surface area contributed by atoms with Gasteiger partial charge in [-0.05, 0) is 48.4 Å². The third-order valence-electron chi connectivity index (χ3n) is 4.11. The molecular weight excluding hydrogens is 372 g/mol. The van der Waals surface area contributed by atoms with Crippen molar-refractivity contribution in [2.45, 2.75) is 13.5 Å². The molecule has 0 fully saturated rings. The van der Waals surface area contributed by atoms with Gasteiger partial charge in [0.05, 0.1) is 14.2 Å². The number of benzene rings is 2. The number of hydrogen-bond acceptors (Lipinski definition) is 6. The number of nitriles is 1. The minimum atomic E-state index is -0.533. The Labute approximate surface area is 169 Å². The maximum atomic E-state index is 12.3. The van der Waals surface area contributed by atoms with Crippen LogP contribution in [0.3, 0.4) is 0 Å². The Morgan fingerprint density at radius 3 is 2.21 bits per heavy atom. The van der Waals surface area contributed by atoms with Crippen LogP contribution in [-0.4, -0.2) is 30.3 Å². The zero-order valence-corrected chi connectivity index (χ0v) is 16.4. The van der Waals surface area contributed by atoms with Gasteiger partial charge in [-0.3, -0.25) is 4.79 Å². The number of hydrogen-bond donors (Lipinski definition) is 3. The van der Waals surface area contributed by atoms with Crippen molar-refractivity contribution in [1.29, 1.82) is 5.26 Å². The van der Waals surface area contributed by atoms with Gasteiger partial charge in [0.15, 0.2) is 0 Å². The Balaban J connectivity index is 2.09. The lowest BCUT2D eigenvalue weighted by Crippen LogP contribution is -2.24. The Morgan fingerprint density at radius 1 is 1.10 bits per heavy atom. The van der Waals surface area contributed by atoms with Crippen molar-refractivity contribution in [3.63, 3.8) is 0 Å². The minimum absolute atomic E-state index is 0.0864. The van der Waals surface area contributed by atoms with E-state index in [2.05, 4.69) is 5.32 Å². The molecule has 1 amide bonds. The molecule has 0 aromatic heterocycles. The van der Waals surface area contributed by atoms with Crippen LogP contribution in [0.4, 0.5) is 0 Å². The van der Waals surface area contributed by atoms with Gasteiger partial charge in [-0.1, -0.05) is 12.2 Å². The first-order valence-electron chi connectivity index (χ1n) is 8.69. The van der Waals surface area contributed by atoms with E-state index in [1.54, 1.807) is 32.4 Å². The van der Waals surface area contributed by atoms with Gasteiger partial charge in [-0.2, -0.15) is 5.26 Å². The van der Waals surface area contributed by atoms with Crippen LogP contribution in [0.25, 0.3) is 6.08 Å². The standard InChI is InChI=1S/C22H22N2O5/c1-14-20(28-2)9-16(10-21(14)29-3)13-24-22(27)17(12-23)6-4-5-15-7-18(25)11-19(26)8-15/h4-11,25-26H,13H2,1-3H3,(H,24,27)/b5-4+,17-6+. The summed E-state index contributed by atoms with van der Waals surface area (Å²) in [6.07, 6.45) is 4.40. The molecule has 2 aromatic rings. The van der Waals surface area contributed by atoms with E-state index in [4.69, 9.17) is 9.47 Å². The molecule has 0 heterocycles. The summed E-state index contributed by atoms with van der Waals surface area (Å²) in [5.41, 5.74) is 2.05. The number of nitrogens with zero attached hydrogens (tertiary/aromatic N) is 1. The highest BCUT2D eigenvalue weighted by atomic mass is 16.5. The van der Waals surface area contributed by atoms with Gasteiger partial charge in [0.1, 0.15) is 34.6 Å². The molecule has 0 spiro atoms. The fraction of sp³-hybridized carbons (Fsp3) is 0.182. The predicted molar refractivity (Wildman–Crippen MR) is 109 cm³/mol. The molecule has 2 rings (SSSR count).